The molecule has 1 saturated heterocycles. The summed E-state index contributed by atoms with van der Waals surface area (Å²) in [7, 11) is 3.07. The lowest BCUT2D eigenvalue weighted by Gasteiger charge is -2.39. The van der Waals surface area contributed by atoms with Gasteiger partial charge in [-0.2, -0.15) is 0 Å². The lowest BCUT2D eigenvalue weighted by molar-refractivity contribution is -0.168. The number of hydrogen-bond donors (Lipinski definition) is 0. The van der Waals surface area contributed by atoms with Crippen LogP contribution >= 0.6 is 0 Å². The molecule has 0 aromatic carbocycles. The molecule has 0 aromatic rings. The molecular weight excluding hydrogens is 236 g/mol. The molecule has 0 aromatic heterocycles. The van der Waals surface area contributed by atoms with Crippen molar-refractivity contribution in [2.24, 2.45) is 11.8 Å². The highest BCUT2D eigenvalue weighted by molar-refractivity contribution is 5.73. The smallest absolute Gasteiger partial charge is 0.309 e. The van der Waals surface area contributed by atoms with Crippen molar-refractivity contribution in [1.82, 2.24) is 0 Å². The van der Waals surface area contributed by atoms with E-state index in [1.54, 1.807) is 7.11 Å². The third kappa shape index (κ3) is 2.53. The molecule has 0 spiro atoms. The van der Waals surface area contributed by atoms with Crippen molar-refractivity contribution >= 4 is 5.97 Å². The van der Waals surface area contributed by atoms with Gasteiger partial charge >= 0.3 is 5.97 Å². The molecule has 2 aliphatic rings. The average Bonchev–Trinajstić information content (AvgIpc) is 2.52. The maximum Gasteiger partial charge on any atom is 0.309 e. The molecule has 1 aliphatic carbocycles. The van der Waals surface area contributed by atoms with Crippen molar-refractivity contribution in [3.63, 3.8) is 0 Å². The van der Waals surface area contributed by atoms with E-state index in [2.05, 4.69) is 0 Å². The SMILES string of the molecule is COC[C@H]1OC(C)(C)OC1C1CC[C@H]1C(=O)OC. The molecule has 2 rings (SSSR count). The highest BCUT2D eigenvalue weighted by atomic mass is 16.8. The largest absolute Gasteiger partial charge is 0.469 e. The molecule has 1 saturated carbocycles. The van der Waals surface area contributed by atoms with Gasteiger partial charge < -0.3 is 18.9 Å². The van der Waals surface area contributed by atoms with Crippen LogP contribution in [0.2, 0.25) is 0 Å². The molecule has 104 valence electrons. The number of ether oxygens (including phenoxy) is 4. The molecule has 1 aliphatic heterocycles. The normalized spacial score (nSPS) is 38.2. The Morgan fingerprint density at radius 3 is 2.50 bits per heavy atom. The van der Waals surface area contributed by atoms with Crippen molar-refractivity contribution in [2.75, 3.05) is 20.8 Å². The number of esters is 1. The third-order valence-corrected chi connectivity index (χ3v) is 3.81. The van der Waals surface area contributed by atoms with Crippen LogP contribution in [0.25, 0.3) is 0 Å². The number of carbonyl (C=O) groups excluding carboxylic acids is 1. The summed E-state index contributed by atoms with van der Waals surface area (Å²) in [6.45, 7) is 4.27. The predicted octanol–water partition coefficient (Wildman–Crippen LogP) is 1.35. The summed E-state index contributed by atoms with van der Waals surface area (Å²) in [4.78, 5) is 11.6. The minimum atomic E-state index is -0.607. The van der Waals surface area contributed by atoms with E-state index >= 15 is 0 Å². The standard InChI is InChI=1S/C13H22O5/c1-13(2)17-10(7-15-3)11(18-13)8-5-6-9(8)12(14)16-4/h8-11H,5-7H2,1-4H3/t8?,9-,10-,11?/m1/s1. The fourth-order valence-corrected chi connectivity index (χ4v) is 2.88. The summed E-state index contributed by atoms with van der Waals surface area (Å²) in [5.41, 5.74) is 0. The van der Waals surface area contributed by atoms with Crippen LogP contribution in [0.1, 0.15) is 26.7 Å². The quantitative estimate of drug-likeness (QED) is 0.712. The van der Waals surface area contributed by atoms with Crippen LogP contribution in [-0.4, -0.2) is 44.8 Å². The van der Waals surface area contributed by atoms with Gasteiger partial charge in [0.25, 0.3) is 0 Å². The van der Waals surface area contributed by atoms with Gasteiger partial charge in [0.2, 0.25) is 0 Å². The second-order valence-corrected chi connectivity index (χ2v) is 5.46. The van der Waals surface area contributed by atoms with Gasteiger partial charge in [-0.05, 0) is 26.7 Å². The van der Waals surface area contributed by atoms with Crippen molar-refractivity contribution in [2.45, 2.75) is 44.7 Å². The summed E-state index contributed by atoms with van der Waals surface area (Å²) >= 11 is 0. The maximum atomic E-state index is 11.6. The first-order valence-electron chi connectivity index (χ1n) is 6.41. The van der Waals surface area contributed by atoms with E-state index in [0.717, 1.165) is 12.8 Å². The van der Waals surface area contributed by atoms with Gasteiger partial charge in [-0.25, -0.2) is 0 Å². The Labute approximate surface area is 108 Å². The molecule has 4 atom stereocenters. The first kappa shape index (κ1) is 13.8. The van der Waals surface area contributed by atoms with Crippen molar-refractivity contribution < 1.29 is 23.7 Å². The third-order valence-electron chi connectivity index (χ3n) is 3.81. The molecule has 0 radical (unpaired) electrons. The highest BCUT2D eigenvalue weighted by Gasteiger charge is 2.52. The van der Waals surface area contributed by atoms with Gasteiger partial charge in [0.1, 0.15) is 6.10 Å². The summed E-state index contributed by atoms with van der Waals surface area (Å²) < 4.78 is 21.7. The lowest BCUT2D eigenvalue weighted by Crippen LogP contribution is -2.46. The van der Waals surface area contributed by atoms with Gasteiger partial charge in [-0.3, -0.25) is 4.79 Å². The van der Waals surface area contributed by atoms with Gasteiger partial charge in [0.15, 0.2) is 5.79 Å². The van der Waals surface area contributed by atoms with Gasteiger partial charge in [0, 0.05) is 13.0 Å². The molecule has 2 fully saturated rings. The first-order chi connectivity index (χ1) is 8.48. The molecule has 0 amide bonds. The minimum absolute atomic E-state index is 0.0585. The Balaban J connectivity index is 2.04. The second kappa shape index (κ2) is 5.15. The maximum absolute atomic E-state index is 11.6. The van der Waals surface area contributed by atoms with Crippen LogP contribution in [0.3, 0.4) is 0 Å². The Bertz CT molecular complexity index is 315. The molecule has 5 heteroatoms. The molecule has 0 N–H and O–H groups in total. The number of rotatable bonds is 4. The highest BCUT2D eigenvalue weighted by Crippen LogP contribution is 2.44. The Hall–Kier alpha value is -0.650. The summed E-state index contributed by atoms with van der Waals surface area (Å²) in [5, 5.41) is 0. The zero-order valence-electron chi connectivity index (χ0n) is 11.5. The Morgan fingerprint density at radius 1 is 1.28 bits per heavy atom. The first-order valence-corrected chi connectivity index (χ1v) is 6.41. The van der Waals surface area contributed by atoms with Crippen molar-refractivity contribution in [3.05, 3.63) is 0 Å². The second-order valence-electron chi connectivity index (χ2n) is 5.46. The Kier molecular flexibility index (Phi) is 3.94. The van der Waals surface area contributed by atoms with E-state index in [0.29, 0.717) is 6.61 Å². The average molecular weight is 258 g/mol. The molecular formula is C13H22O5. The van der Waals surface area contributed by atoms with Crippen molar-refractivity contribution in [1.29, 1.82) is 0 Å². The van der Waals surface area contributed by atoms with Crippen molar-refractivity contribution in [3.8, 4) is 0 Å². The van der Waals surface area contributed by atoms with Crippen LogP contribution in [0, 0.1) is 11.8 Å². The van der Waals surface area contributed by atoms with Crippen LogP contribution in [0.4, 0.5) is 0 Å². The predicted molar refractivity (Wildman–Crippen MR) is 63.9 cm³/mol. The molecule has 0 bridgehead atoms. The van der Waals surface area contributed by atoms with E-state index in [9.17, 15) is 4.79 Å². The number of hydrogen-bond acceptors (Lipinski definition) is 5. The molecule has 2 unspecified atom stereocenters. The lowest BCUT2D eigenvalue weighted by atomic mass is 9.69. The molecule has 18 heavy (non-hydrogen) atoms. The topological polar surface area (TPSA) is 54.0 Å². The minimum Gasteiger partial charge on any atom is -0.469 e. The number of methoxy groups -OCH3 is 2. The van der Waals surface area contributed by atoms with E-state index in [-0.39, 0.29) is 30.0 Å². The van der Waals surface area contributed by atoms with Gasteiger partial charge in [-0.15, -0.1) is 0 Å². The van der Waals surface area contributed by atoms with Crippen LogP contribution in [0.5, 0.6) is 0 Å². The molecule has 5 nitrogen and oxygen atoms in total. The zero-order valence-corrected chi connectivity index (χ0v) is 11.5. The van der Waals surface area contributed by atoms with Gasteiger partial charge in [-0.1, -0.05) is 0 Å². The van der Waals surface area contributed by atoms with Crippen LogP contribution < -0.4 is 0 Å². The van der Waals surface area contributed by atoms with E-state index in [4.69, 9.17) is 18.9 Å². The van der Waals surface area contributed by atoms with Crippen LogP contribution in [-0.2, 0) is 23.7 Å². The fourth-order valence-electron chi connectivity index (χ4n) is 2.88. The van der Waals surface area contributed by atoms with E-state index in [1.165, 1.54) is 7.11 Å². The van der Waals surface area contributed by atoms with E-state index < -0.39 is 5.79 Å². The molecule has 1 heterocycles. The fraction of sp³-hybridized carbons (Fsp3) is 0.923. The number of carbonyl (C=O) groups is 1. The van der Waals surface area contributed by atoms with Crippen LogP contribution in [0.15, 0.2) is 0 Å². The summed E-state index contributed by atoms with van der Waals surface area (Å²) in [5.74, 6) is -0.628. The Morgan fingerprint density at radius 2 is 2.00 bits per heavy atom. The van der Waals surface area contributed by atoms with Gasteiger partial charge in [0.05, 0.1) is 25.7 Å². The zero-order chi connectivity index (χ0) is 13.3. The van der Waals surface area contributed by atoms with E-state index in [1.807, 2.05) is 13.8 Å². The summed E-state index contributed by atoms with van der Waals surface area (Å²) in [6.07, 6.45) is 1.65. The summed E-state index contributed by atoms with van der Waals surface area (Å²) in [6, 6.07) is 0. The monoisotopic (exact) mass is 258 g/mol.